The molecule has 0 amide bonds. The van der Waals surface area contributed by atoms with E-state index in [1.807, 2.05) is 32.0 Å². The highest BCUT2D eigenvalue weighted by molar-refractivity contribution is 6.30. The third-order valence-corrected chi connectivity index (χ3v) is 3.89. The maximum absolute atomic E-state index is 10.3. The van der Waals surface area contributed by atoms with Crippen molar-refractivity contribution in [3.63, 3.8) is 0 Å². The Morgan fingerprint density at radius 3 is 2.52 bits per heavy atom. The van der Waals surface area contributed by atoms with E-state index in [2.05, 4.69) is 19.2 Å². The van der Waals surface area contributed by atoms with Crippen LogP contribution in [0.2, 0.25) is 5.02 Å². The van der Waals surface area contributed by atoms with Gasteiger partial charge >= 0.3 is 0 Å². The van der Waals surface area contributed by atoms with Crippen LogP contribution in [0.25, 0.3) is 0 Å². The van der Waals surface area contributed by atoms with E-state index in [9.17, 15) is 5.11 Å². The highest BCUT2D eigenvalue weighted by atomic mass is 35.5. The molecule has 0 aliphatic rings. The fraction of sp³-hybridized carbons (Fsp3) is 0.647. The molecule has 0 saturated carbocycles. The molecular formula is C17H28ClNO2. The maximum Gasteiger partial charge on any atom is 0.124 e. The highest BCUT2D eigenvalue weighted by Gasteiger charge is 2.26. The van der Waals surface area contributed by atoms with Gasteiger partial charge < -0.3 is 15.2 Å². The molecule has 1 rings (SSSR count). The Labute approximate surface area is 133 Å². The minimum absolute atomic E-state index is 0.132. The van der Waals surface area contributed by atoms with Crippen LogP contribution in [0.15, 0.2) is 18.2 Å². The van der Waals surface area contributed by atoms with Crippen molar-refractivity contribution in [1.82, 2.24) is 5.32 Å². The van der Waals surface area contributed by atoms with Gasteiger partial charge in [-0.15, -0.1) is 0 Å². The average molecular weight is 314 g/mol. The quantitative estimate of drug-likeness (QED) is 0.765. The number of hydrogen-bond donors (Lipinski definition) is 2. The second-order valence-electron chi connectivity index (χ2n) is 6.58. The number of rotatable bonds is 8. The monoisotopic (exact) mass is 313 g/mol. The molecule has 3 nitrogen and oxygen atoms in total. The molecule has 4 heteroatoms. The third-order valence-electron chi connectivity index (χ3n) is 3.65. The number of hydrogen-bond acceptors (Lipinski definition) is 3. The summed E-state index contributed by atoms with van der Waals surface area (Å²) >= 11 is 6.07. The molecule has 0 aliphatic heterocycles. The van der Waals surface area contributed by atoms with Crippen LogP contribution in [0, 0.1) is 11.8 Å². The minimum Gasteiger partial charge on any atom is -0.490 e. The average Bonchev–Trinajstić information content (AvgIpc) is 2.37. The summed E-state index contributed by atoms with van der Waals surface area (Å²) in [5.74, 6) is 1.50. The van der Waals surface area contributed by atoms with Crippen LogP contribution in [-0.4, -0.2) is 23.9 Å². The first-order valence-electron chi connectivity index (χ1n) is 7.56. The van der Waals surface area contributed by atoms with E-state index in [1.54, 1.807) is 6.92 Å². The lowest BCUT2D eigenvalue weighted by molar-refractivity contribution is -0.0268. The molecule has 0 aliphatic carbocycles. The first-order valence-corrected chi connectivity index (χ1v) is 7.94. The van der Waals surface area contributed by atoms with Crippen LogP contribution < -0.4 is 10.1 Å². The van der Waals surface area contributed by atoms with Crippen molar-refractivity contribution in [2.45, 2.75) is 46.8 Å². The number of aliphatic hydroxyl groups is 1. The summed E-state index contributed by atoms with van der Waals surface area (Å²) in [4.78, 5) is 0. The van der Waals surface area contributed by atoms with Gasteiger partial charge in [0.05, 0.1) is 5.60 Å². The van der Waals surface area contributed by atoms with Gasteiger partial charge in [0.1, 0.15) is 12.4 Å². The molecule has 2 N–H and O–H groups in total. The Morgan fingerprint density at radius 1 is 1.29 bits per heavy atom. The zero-order chi connectivity index (χ0) is 16.0. The van der Waals surface area contributed by atoms with Crippen molar-refractivity contribution in [1.29, 1.82) is 0 Å². The summed E-state index contributed by atoms with van der Waals surface area (Å²) in [6.45, 7) is 12.0. The van der Waals surface area contributed by atoms with Gasteiger partial charge in [0.15, 0.2) is 0 Å². The Hall–Kier alpha value is -0.770. The Balaban J connectivity index is 2.72. The number of halogens is 1. The zero-order valence-corrected chi connectivity index (χ0v) is 14.5. The van der Waals surface area contributed by atoms with Crippen LogP contribution in [0.5, 0.6) is 5.75 Å². The normalized spacial score (nSPS) is 14.5. The van der Waals surface area contributed by atoms with Gasteiger partial charge in [-0.05, 0) is 43.5 Å². The smallest absolute Gasteiger partial charge is 0.124 e. The SMILES string of the molecule is CC(C)CNCc1cc(Cl)ccc1OCC(C)(O)C(C)C. The Bertz CT molecular complexity index is 444. The molecule has 1 unspecified atom stereocenters. The molecule has 0 spiro atoms. The lowest BCUT2D eigenvalue weighted by Gasteiger charge is -2.28. The predicted octanol–water partition coefficient (Wildman–Crippen LogP) is 3.87. The molecule has 0 aromatic heterocycles. The Morgan fingerprint density at radius 2 is 1.95 bits per heavy atom. The van der Waals surface area contributed by atoms with Crippen molar-refractivity contribution in [2.75, 3.05) is 13.2 Å². The van der Waals surface area contributed by atoms with Gasteiger partial charge in [-0.1, -0.05) is 39.3 Å². The second-order valence-corrected chi connectivity index (χ2v) is 7.01. The standard InChI is InChI=1S/C17H28ClNO2/c1-12(2)9-19-10-14-8-15(18)6-7-16(14)21-11-17(5,20)13(3)4/h6-8,12-13,19-20H,9-11H2,1-5H3. The molecule has 0 saturated heterocycles. The third kappa shape index (κ3) is 6.25. The maximum atomic E-state index is 10.3. The lowest BCUT2D eigenvalue weighted by atomic mass is 9.94. The van der Waals surface area contributed by atoms with Crippen LogP contribution in [-0.2, 0) is 6.54 Å². The van der Waals surface area contributed by atoms with E-state index in [0.29, 0.717) is 17.5 Å². The zero-order valence-electron chi connectivity index (χ0n) is 13.7. The van der Waals surface area contributed by atoms with Crippen LogP contribution >= 0.6 is 11.6 Å². The molecular weight excluding hydrogens is 286 g/mol. The second kappa shape index (κ2) is 8.02. The molecule has 0 fully saturated rings. The van der Waals surface area contributed by atoms with E-state index in [-0.39, 0.29) is 12.5 Å². The summed E-state index contributed by atoms with van der Waals surface area (Å²) in [5, 5.41) is 14.4. The first-order chi connectivity index (χ1) is 9.72. The molecule has 120 valence electrons. The fourth-order valence-corrected chi connectivity index (χ4v) is 1.91. The van der Waals surface area contributed by atoms with Crippen LogP contribution in [0.3, 0.4) is 0 Å². The summed E-state index contributed by atoms with van der Waals surface area (Å²) < 4.78 is 5.83. The Kier molecular flexibility index (Phi) is 6.98. The number of nitrogens with one attached hydrogen (secondary N) is 1. The van der Waals surface area contributed by atoms with Gasteiger partial charge in [0.25, 0.3) is 0 Å². The van der Waals surface area contributed by atoms with Gasteiger partial charge in [-0.2, -0.15) is 0 Å². The molecule has 1 aromatic rings. The molecule has 0 bridgehead atoms. The van der Waals surface area contributed by atoms with E-state index in [1.165, 1.54) is 0 Å². The largest absolute Gasteiger partial charge is 0.490 e. The molecule has 0 heterocycles. The summed E-state index contributed by atoms with van der Waals surface area (Å²) in [5.41, 5.74) is 0.171. The lowest BCUT2D eigenvalue weighted by Crippen LogP contribution is -2.38. The van der Waals surface area contributed by atoms with E-state index in [0.717, 1.165) is 17.9 Å². The van der Waals surface area contributed by atoms with E-state index >= 15 is 0 Å². The van der Waals surface area contributed by atoms with Crippen molar-refractivity contribution >= 4 is 11.6 Å². The predicted molar refractivity (Wildman–Crippen MR) is 89.0 cm³/mol. The highest BCUT2D eigenvalue weighted by Crippen LogP contribution is 2.25. The topological polar surface area (TPSA) is 41.5 Å². The fourth-order valence-electron chi connectivity index (χ4n) is 1.71. The van der Waals surface area contributed by atoms with Crippen molar-refractivity contribution < 1.29 is 9.84 Å². The number of benzene rings is 1. The van der Waals surface area contributed by atoms with Gasteiger partial charge in [0, 0.05) is 17.1 Å². The summed E-state index contributed by atoms with van der Waals surface area (Å²) in [7, 11) is 0. The molecule has 1 aromatic carbocycles. The molecule has 0 radical (unpaired) electrons. The van der Waals surface area contributed by atoms with Crippen molar-refractivity contribution in [3.05, 3.63) is 28.8 Å². The minimum atomic E-state index is -0.845. The van der Waals surface area contributed by atoms with Crippen molar-refractivity contribution in [3.8, 4) is 5.75 Å². The van der Waals surface area contributed by atoms with Gasteiger partial charge in [-0.3, -0.25) is 0 Å². The van der Waals surface area contributed by atoms with Gasteiger partial charge in [0.2, 0.25) is 0 Å². The van der Waals surface area contributed by atoms with Gasteiger partial charge in [-0.25, -0.2) is 0 Å². The summed E-state index contributed by atoms with van der Waals surface area (Å²) in [6.07, 6.45) is 0. The van der Waals surface area contributed by atoms with Crippen LogP contribution in [0.1, 0.15) is 40.2 Å². The van der Waals surface area contributed by atoms with Crippen molar-refractivity contribution in [2.24, 2.45) is 11.8 Å². The van der Waals surface area contributed by atoms with Crippen LogP contribution in [0.4, 0.5) is 0 Å². The van der Waals surface area contributed by atoms with E-state index < -0.39 is 5.60 Å². The van der Waals surface area contributed by atoms with E-state index in [4.69, 9.17) is 16.3 Å². The summed E-state index contributed by atoms with van der Waals surface area (Å²) in [6, 6.07) is 5.59. The molecule has 21 heavy (non-hydrogen) atoms. The first kappa shape index (κ1) is 18.3. The molecule has 1 atom stereocenters. The number of ether oxygens (including phenoxy) is 1.